The van der Waals surface area contributed by atoms with E-state index in [1.54, 1.807) is 13.0 Å². The first-order chi connectivity index (χ1) is 11.3. The van der Waals surface area contributed by atoms with Crippen LogP contribution in [0.2, 0.25) is 0 Å². The van der Waals surface area contributed by atoms with Crippen LogP contribution in [0.3, 0.4) is 0 Å². The summed E-state index contributed by atoms with van der Waals surface area (Å²) in [4.78, 5) is 33.0. The number of anilines is 1. The second-order valence-electron chi connectivity index (χ2n) is 5.63. The number of urea groups is 1. The van der Waals surface area contributed by atoms with E-state index in [9.17, 15) is 9.59 Å². The highest BCUT2D eigenvalue weighted by atomic mass is 16.4. The van der Waals surface area contributed by atoms with Crippen molar-refractivity contribution in [2.45, 2.75) is 20.8 Å². The molecule has 0 bridgehead atoms. The van der Waals surface area contributed by atoms with Crippen molar-refractivity contribution in [1.82, 2.24) is 24.6 Å². The van der Waals surface area contributed by atoms with Crippen molar-refractivity contribution < 1.29 is 14.7 Å². The minimum atomic E-state index is -0.955. The van der Waals surface area contributed by atoms with Gasteiger partial charge in [0.1, 0.15) is 5.82 Å². The van der Waals surface area contributed by atoms with E-state index in [-0.39, 0.29) is 6.54 Å². The molecule has 9 heteroatoms. The summed E-state index contributed by atoms with van der Waals surface area (Å²) in [5, 5.41) is 15.7. The van der Waals surface area contributed by atoms with E-state index in [4.69, 9.17) is 5.11 Å². The van der Waals surface area contributed by atoms with Gasteiger partial charge < -0.3 is 10.0 Å². The Morgan fingerprint density at radius 1 is 1.33 bits per heavy atom. The van der Waals surface area contributed by atoms with Crippen LogP contribution in [0.4, 0.5) is 10.6 Å². The average molecular weight is 332 g/mol. The number of aliphatic carboxylic acids is 1. The second-order valence-corrected chi connectivity index (χ2v) is 5.63. The van der Waals surface area contributed by atoms with Gasteiger partial charge in [0.15, 0.2) is 0 Å². The van der Waals surface area contributed by atoms with Gasteiger partial charge in [-0.25, -0.2) is 14.8 Å². The maximum absolute atomic E-state index is 12.2. The molecule has 0 saturated heterocycles. The van der Waals surface area contributed by atoms with Crippen LogP contribution in [-0.4, -0.2) is 55.3 Å². The molecule has 0 spiro atoms. The third-order valence-electron chi connectivity index (χ3n) is 3.35. The van der Waals surface area contributed by atoms with Crippen molar-refractivity contribution >= 4 is 17.8 Å². The lowest BCUT2D eigenvalue weighted by atomic mass is 10.2. The van der Waals surface area contributed by atoms with Gasteiger partial charge in [-0.1, -0.05) is 6.92 Å². The number of nitrogens with one attached hydrogen (secondary N) is 1. The van der Waals surface area contributed by atoms with Gasteiger partial charge in [-0.2, -0.15) is 9.78 Å². The SMILES string of the molecule is Cc1cc(C)nc(-n2nccc2NC(=O)N(C)CC(C)C(=O)O)n1. The first kappa shape index (κ1) is 17.4. The minimum Gasteiger partial charge on any atom is -0.481 e. The fourth-order valence-electron chi connectivity index (χ4n) is 2.14. The Balaban J connectivity index is 2.15. The molecule has 24 heavy (non-hydrogen) atoms. The van der Waals surface area contributed by atoms with Crippen LogP contribution < -0.4 is 5.32 Å². The number of carbonyl (C=O) groups excluding carboxylic acids is 1. The van der Waals surface area contributed by atoms with Crippen molar-refractivity contribution in [3.8, 4) is 5.95 Å². The fraction of sp³-hybridized carbons (Fsp3) is 0.400. The van der Waals surface area contributed by atoms with Crippen LogP contribution >= 0.6 is 0 Å². The molecule has 9 nitrogen and oxygen atoms in total. The summed E-state index contributed by atoms with van der Waals surface area (Å²) in [6.07, 6.45) is 1.52. The zero-order chi connectivity index (χ0) is 17.9. The average Bonchev–Trinajstić information content (AvgIpc) is 2.94. The Hall–Kier alpha value is -2.97. The number of aromatic nitrogens is 4. The van der Waals surface area contributed by atoms with E-state index in [0.717, 1.165) is 11.4 Å². The number of nitrogens with zero attached hydrogens (tertiary/aromatic N) is 5. The zero-order valence-corrected chi connectivity index (χ0v) is 14.0. The summed E-state index contributed by atoms with van der Waals surface area (Å²) in [6, 6.07) is 3.02. The second kappa shape index (κ2) is 7.07. The summed E-state index contributed by atoms with van der Waals surface area (Å²) >= 11 is 0. The molecular weight excluding hydrogens is 312 g/mol. The van der Waals surface area contributed by atoms with Crippen molar-refractivity contribution in [3.05, 3.63) is 29.7 Å². The molecule has 128 valence electrons. The summed E-state index contributed by atoms with van der Waals surface area (Å²) < 4.78 is 1.42. The fourth-order valence-corrected chi connectivity index (χ4v) is 2.14. The van der Waals surface area contributed by atoms with Gasteiger partial charge in [-0.05, 0) is 19.9 Å². The predicted octanol–water partition coefficient (Wildman–Crippen LogP) is 1.46. The van der Waals surface area contributed by atoms with Gasteiger partial charge in [0, 0.05) is 31.0 Å². The topological polar surface area (TPSA) is 113 Å². The van der Waals surface area contributed by atoms with Crippen molar-refractivity contribution in [2.75, 3.05) is 18.9 Å². The molecule has 1 atom stereocenters. The summed E-state index contributed by atoms with van der Waals surface area (Å²) in [5.74, 6) is -0.856. The molecule has 2 N–H and O–H groups in total. The van der Waals surface area contributed by atoms with E-state index < -0.39 is 17.9 Å². The molecule has 2 aromatic heterocycles. The van der Waals surface area contributed by atoms with Crippen molar-refractivity contribution in [3.63, 3.8) is 0 Å². The Morgan fingerprint density at radius 3 is 2.54 bits per heavy atom. The van der Waals surface area contributed by atoms with Crippen LogP contribution in [0.15, 0.2) is 18.3 Å². The van der Waals surface area contributed by atoms with Crippen molar-refractivity contribution in [1.29, 1.82) is 0 Å². The number of carboxylic acids is 1. The molecule has 2 amide bonds. The van der Waals surface area contributed by atoms with E-state index >= 15 is 0 Å². The lowest BCUT2D eigenvalue weighted by molar-refractivity contribution is -0.141. The molecular formula is C15H20N6O3. The van der Waals surface area contributed by atoms with Gasteiger partial charge in [-0.3, -0.25) is 10.1 Å². The van der Waals surface area contributed by atoms with Crippen LogP contribution in [0.1, 0.15) is 18.3 Å². The minimum absolute atomic E-state index is 0.0926. The van der Waals surface area contributed by atoms with E-state index in [0.29, 0.717) is 11.8 Å². The Kier molecular flexibility index (Phi) is 5.12. The number of rotatable bonds is 5. The van der Waals surface area contributed by atoms with E-state index in [1.165, 1.54) is 22.8 Å². The quantitative estimate of drug-likeness (QED) is 0.857. The highest BCUT2D eigenvalue weighted by Gasteiger charge is 2.19. The van der Waals surface area contributed by atoms with Gasteiger partial charge in [0.25, 0.3) is 5.95 Å². The first-order valence-corrected chi connectivity index (χ1v) is 7.39. The van der Waals surface area contributed by atoms with Crippen molar-refractivity contribution in [2.24, 2.45) is 5.92 Å². The van der Waals surface area contributed by atoms with Crippen LogP contribution in [0, 0.1) is 19.8 Å². The van der Waals surface area contributed by atoms with Gasteiger partial charge >= 0.3 is 12.0 Å². The number of amides is 2. The van der Waals surface area contributed by atoms with E-state index in [1.807, 2.05) is 19.9 Å². The lowest BCUT2D eigenvalue weighted by Gasteiger charge is -2.20. The lowest BCUT2D eigenvalue weighted by Crippen LogP contribution is -2.37. The highest BCUT2D eigenvalue weighted by Crippen LogP contribution is 2.13. The number of carboxylic acid groups (broad SMARTS) is 1. The third-order valence-corrected chi connectivity index (χ3v) is 3.35. The molecule has 0 aromatic carbocycles. The zero-order valence-electron chi connectivity index (χ0n) is 14.0. The Labute approximate surface area is 139 Å². The van der Waals surface area contributed by atoms with Crippen LogP contribution in [-0.2, 0) is 4.79 Å². The molecule has 0 aliphatic carbocycles. The Morgan fingerprint density at radius 2 is 1.96 bits per heavy atom. The summed E-state index contributed by atoms with van der Waals surface area (Å²) in [5.41, 5.74) is 1.58. The molecule has 1 unspecified atom stereocenters. The van der Waals surface area contributed by atoms with Gasteiger partial charge in [0.2, 0.25) is 0 Å². The number of carbonyl (C=O) groups is 2. The van der Waals surface area contributed by atoms with Crippen LogP contribution in [0.5, 0.6) is 0 Å². The molecule has 2 rings (SSSR count). The molecule has 0 fully saturated rings. The normalized spacial score (nSPS) is 11.8. The monoisotopic (exact) mass is 332 g/mol. The largest absolute Gasteiger partial charge is 0.481 e. The number of hydrogen-bond donors (Lipinski definition) is 2. The molecule has 2 heterocycles. The maximum Gasteiger partial charge on any atom is 0.322 e. The molecule has 0 saturated carbocycles. The number of hydrogen-bond acceptors (Lipinski definition) is 5. The maximum atomic E-state index is 12.2. The van der Waals surface area contributed by atoms with E-state index in [2.05, 4.69) is 20.4 Å². The predicted molar refractivity (Wildman–Crippen MR) is 87.1 cm³/mol. The molecule has 2 aromatic rings. The first-order valence-electron chi connectivity index (χ1n) is 7.39. The Bertz CT molecular complexity index is 737. The molecule has 0 aliphatic heterocycles. The van der Waals surface area contributed by atoms with Gasteiger partial charge in [0.05, 0.1) is 12.1 Å². The third kappa shape index (κ3) is 4.06. The summed E-state index contributed by atoms with van der Waals surface area (Å²) in [6.45, 7) is 5.33. The molecule has 0 aliphatic rings. The standard InChI is InChI=1S/C15H20N6O3/c1-9(13(22)23)8-20(4)15(24)19-12-5-6-16-21(12)14-17-10(2)7-11(3)18-14/h5-7,9H,8H2,1-4H3,(H,19,24)(H,22,23). The van der Waals surface area contributed by atoms with Gasteiger partial charge in [-0.15, -0.1) is 0 Å². The smallest absolute Gasteiger partial charge is 0.322 e. The molecule has 0 radical (unpaired) electrons. The van der Waals surface area contributed by atoms with Crippen LogP contribution in [0.25, 0.3) is 5.95 Å². The summed E-state index contributed by atoms with van der Waals surface area (Å²) in [7, 11) is 1.53. The number of aryl methyl sites for hydroxylation is 2. The highest BCUT2D eigenvalue weighted by molar-refractivity contribution is 5.88.